The highest BCUT2D eigenvalue weighted by atomic mass is 35.5. The third-order valence-electron chi connectivity index (χ3n) is 6.55. The number of fused-ring (bicyclic) bond motifs is 3. The quantitative estimate of drug-likeness (QED) is 0.231. The van der Waals surface area contributed by atoms with Crippen molar-refractivity contribution in [1.82, 2.24) is 14.1 Å². The van der Waals surface area contributed by atoms with E-state index in [1.807, 2.05) is 89.8 Å². The van der Waals surface area contributed by atoms with Crippen LogP contribution in [0, 0.1) is 0 Å². The van der Waals surface area contributed by atoms with Crippen molar-refractivity contribution >= 4 is 51.2 Å². The highest BCUT2D eigenvalue weighted by Crippen LogP contribution is 2.33. The van der Waals surface area contributed by atoms with Crippen molar-refractivity contribution in [3.8, 4) is 11.4 Å². The number of halogens is 1. The topological polar surface area (TPSA) is 56.9 Å². The smallest absolute Gasteiger partial charge is 0.197 e. The van der Waals surface area contributed by atoms with Gasteiger partial charge in [-0.3, -0.25) is 9.59 Å². The predicted molar refractivity (Wildman–Crippen MR) is 135 cm³/mol. The standard InChI is InChI=1S/C28H20ClN3O2/c1-3-32-20(15-24-28(32)30-27(31(24)2)16-8-10-19(29)11-9-16)14-23-25(33)21-12-17-6-4-5-7-18(17)13-22(21)26(23)34/h4-15H,3H2,1-2H3. The number of nitrogens with zero attached hydrogens (tertiary/aromatic N) is 3. The van der Waals surface area contributed by atoms with Gasteiger partial charge < -0.3 is 9.13 Å². The minimum Gasteiger partial charge on any atom is -0.326 e. The molecule has 0 fully saturated rings. The van der Waals surface area contributed by atoms with Gasteiger partial charge in [-0.2, -0.15) is 0 Å². The average molecular weight is 466 g/mol. The van der Waals surface area contributed by atoms with Crippen LogP contribution in [0.1, 0.15) is 33.3 Å². The van der Waals surface area contributed by atoms with Crippen molar-refractivity contribution in [3.63, 3.8) is 0 Å². The molecule has 0 atom stereocenters. The summed E-state index contributed by atoms with van der Waals surface area (Å²) in [6.07, 6.45) is 1.71. The fourth-order valence-electron chi connectivity index (χ4n) is 4.79. The van der Waals surface area contributed by atoms with Crippen LogP contribution in [0.25, 0.3) is 39.4 Å². The number of benzene rings is 3. The van der Waals surface area contributed by atoms with Gasteiger partial charge in [0.2, 0.25) is 0 Å². The number of carbonyl (C=O) groups is 2. The molecule has 1 aliphatic carbocycles. The van der Waals surface area contributed by atoms with E-state index in [2.05, 4.69) is 0 Å². The van der Waals surface area contributed by atoms with Crippen LogP contribution in [-0.2, 0) is 13.6 Å². The van der Waals surface area contributed by atoms with Crippen molar-refractivity contribution < 1.29 is 9.59 Å². The molecule has 5 aromatic rings. The lowest BCUT2D eigenvalue weighted by Crippen LogP contribution is -2.03. The van der Waals surface area contributed by atoms with Gasteiger partial charge in [0.25, 0.3) is 0 Å². The maximum Gasteiger partial charge on any atom is 0.197 e. The summed E-state index contributed by atoms with van der Waals surface area (Å²) in [7, 11) is 1.96. The second-order valence-corrected chi connectivity index (χ2v) is 8.92. The number of imidazole rings is 1. The summed E-state index contributed by atoms with van der Waals surface area (Å²) >= 11 is 6.04. The van der Waals surface area contributed by atoms with E-state index in [1.54, 1.807) is 6.08 Å². The SMILES string of the molecule is CCn1c(C=C2C(=O)c3cc4ccccc4cc3C2=O)cc2c1nc(-c1ccc(Cl)cc1)n2C. The molecule has 0 spiro atoms. The summed E-state index contributed by atoms with van der Waals surface area (Å²) in [6, 6.07) is 21.0. The zero-order valence-corrected chi connectivity index (χ0v) is 19.4. The van der Waals surface area contributed by atoms with Gasteiger partial charge in [0.1, 0.15) is 5.82 Å². The first-order chi connectivity index (χ1) is 16.5. The predicted octanol–water partition coefficient (Wildman–Crippen LogP) is 6.33. The van der Waals surface area contributed by atoms with Crippen LogP contribution in [0.4, 0.5) is 0 Å². The van der Waals surface area contributed by atoms with Crippen LogP contribution in [0.2, 0.25) is 5.02 Å². The van der Waals surface area contributed by atoms with Gasteiger partial charge in [0.15, 0.2) is 17.2 Å². The lowest BCUT2D eigenvalue weighted by Gasteiger charge is -2.05. The number of rotatable bonds is 3. The Hall–Kier alpha value is -3.96. The van der Waals surface area contributed by atoms with E-state index in [9.17, 15) is 9.59 Å². The average Bonchev–Trinajstić information content (AvgIpc) is 3.43. The molecule has 2 aromatic heterocycles. The van der Waals surface area contributed by atoms with Crippen LogP contribution in [-0.4, -0.2) is 25.7 Å². The summed E-state index contributed by atoms with van der Waals surface area (Å²) in [5, 5.41) is 2.57. The minimum atomic E-state index is -0.228. The number of aryl methyl sites for hydroxylation is 2. The molecule has 2 heterocycles. The van der Waals surface area contributed by atoms with E-state index in [1.165, 1.54) is 0 Å². The lowest BCUT2D eigenvalue weighted by molar-refractivity contribution is 0.0990. The largest absolute Gasteiger partial charge is 0.326 e. The third kappa shape index (κ3) is 2.97. The zero-order chi connectivity index (χ0) is 23.6. The molecule has 5 nitrogen and oxygen atoms in total. The first-order valence-electron chi connectivity index (χ1n) is 11.1. The highest BCUT2D eigenvalue weighted by Gasteiger charge is 2.34. The Morgan fingerprint density at radius 3 is 2.12 bits per heavy atom. The van der Waals surface area contributed by atoms with E-state index in [0.29, 0.717) is 22.7 Å². The van der Waals surface area contributed by atoms with Crippen molar-refractivity contribution in [2.45, 2.75) is 13.5 Å². The minimum absolute atomic E-state index is 0.195. The molecule has 166 valence electrons. The maximum atomic E-state index is 13.2. The van der Waals surface area contributed by atoms with E-state index >= 15 is 0 Å². The van der Waals surface area contributed by atoms with Crippen LogP contribution in [0.5, 0.6) is 0 Å². The number of ketones is 2. The molecule has 0 unspecified atom stereocenters. The normalized spacial score (nSPS) is 13.3. The number of Topliss-reactive ketones (excluding diaryl/α,β-unsaturated/α-hetero) is 2. The molecule has 0 saturated heterocycles. The van der Waals surface area contributed by atoms with Gasteiger partial charge in [0, 0.05) is 41.0 Å². The molecule has 34 heavy (non-hydrogen) atoms. The summed E-state index contributed by atoms with van der Waals surface area (Å²) in [6.45, 7) is 2.68. The Balaban J connectivity index is 1.47. The molecule has 0 saturated carbocycles. The van der Waals surface area contributed by atoms with Gasteiger partial charge in [-0.25, -0.2) is 4.98 Å². The number of allylic oxidation sites excluding steroid dienone is 1. The summed E-state index contributed by atoms with van der Waals surface area (Å²) in [4.78, 5) is 31.3. The molecular weight excluding hydrogens is 446 g/mol. The van der Waals surface area contributed by atoms with E-state index < -0.39 is 0 Å². The molecular formula is C28H20ClN3O2. The summed E-state index contributed by atoms with van der Waals surface area (Å²) in [5.41, 5.74) is 4.62. The van der Waals surface area contributed by atoms with Crippen molar-refractivity contribution in [2.75, 3.05) is 0 Å². The van der Waals surface area contributed by atoms with Gasteiger partial charge in [-0.05, 0) is 66.2 Å². The third-order valence-corrected chi connectivity index (χ3v) is 6.80. The molecule has 0 amide bonds. The first-order valence-corrected chi connectivity index (χ1v) is 11.5. The first kappa shape index (κ1) is 20.6. The Labute approximate surface area is 200 Å². The van der Waals surface area contributed by atoms with E-state index in [4.69, 9.17) is 16.6 Å². The Bertz CT molecular complexity index is 1630. The van der Waals surface area contributed by atoms with Crippen LogP contribution < -0.4 is 0 Å². The Morgan fingerprint density at radius 1 is 0.912 bits per heavy atom. The lowest BCUT2D eigenvalue weighted by atomic mass is 10.0. The second kappa shape index (κ2) is 7.54. The van der Waals surface area contributed by atoms with E-state index in [-0.39, 0.29) is 17.1 Å². The second-order valence-electron chi connectivity index (χ2n) is 8.48. The monoisotopic (exact) mass is 465 g/mol. The van der Waals surface area contributed by atoms with Crippen molar-refractivity contribution in [3.05, 3.63) is 94.1 Å². The Morgan fingerprint density at radius 2 is 1.53 bits per heavy atom. The van der Waals surface area contributed by atoms with Crippen molar-refractivity contribution in [2.24, 2.45) is 7.05 Å². The maximum absolute atomic E-state index is 13.2. The van der Waals surface area contributed by atoms with Gasteiger partial charge in [-0.15, -0.1) is 0 Å². The summed E-state index contributed by atoms with van der Waals surface area (Å²) < 4.78 is 4.05. The van der Waals surface area contributed by atoms with Crippen molar-refractivity contribution in [1.29, 1.82) is 0 Å². The number of aromatic nitrogens is 3. The fourth-order valence-corrected chi connectivity index (χ4v) is 4.92. The van der Waals surface area contributed by atoms with Gasteiger partial charge in [0.05, 0.1) is 11.1 Å². The molecule has 0 radical (unpaired) electrons. The van der Waals surface area contributed by atoms with Crippen LogP contribution in [0.15, 0.2) is 72.3 Å². The molecule has 1 aliphatic rings. The van der Waals surface area contributed by atoms with Gasteiger partial charge in [-0.1, -0.05) is 35.9 Å². The zero-order valence-electron chi connectivity index (χ0n) is 18.7. The molecule has 6 heteroatoms. The van der Waals surface area contributed by atoms with Crippen LogP contribution in [0.3, 0.4) is 0 Å². The van der Waals surface area contributed by atoms with E-state index in [0.717, 1.165) is 39.0 Å². The number of hydrogen-bond donors (Lipinski definition) is 0. The molecule has 3 aromatic carbocycles. The number of hydrogen-bond acceptors (Lipinski definition) is 3. The molecule has 0 bridgehead atoms. The molecule has 0 N–H and O–H groups in total. The molecule has 0 aliphatic heterocycles. The van der Waals surface area contributed by atoms with Crippen LogP contribution >= 0.6 is 11.6 Å². The Kier molecular flexibility index (Phi) is 4.57. The highest BCUT2D eigenvalue weighted by molar-refractivity contribution is 6.42. The van der Waals surface area contributed by atoms with Gasteiger partial charge >= 0.3 is 0 Å². The molecule has 6 rings (SSSR count). The fraction of sp³-hybridized carbons (Fsp3) is 0.107. The number of carbonyl (C=O) groups excluding carboxylic acids is 2. The summed E-state index contributed by atoms with van der Waals surface area (Å²) in [5.74, 6) is 0.372.